The van der Waals surface area contributed by atoms with Gasteiger partial charge in [0.1, 0.15) is 0 Å². The Balaban J connectivity index is 1.74. The number of carbonyl (C=O) groups excluding carboxylic acids is 1. The van der Waals surface area contributed by atoms with E-state index < -0.39 is 23.8 Å². The van der Waals surface area contributed by atoms with Crippen LogP contribution in [0.1, 0.15) is 29.2 Å². The molecule has 24 heavy (non-hydrogen) atoms. The summed E-state index contributed by atoms with van der Waals surface area (Å²) in [6, 6.07) is 12.6. The summed E-state index contributed by atoms with van der Waals surface area (Å²) in [4.78, 5) is 12.2. The molecule has 1 aliphatic heterocycles. The summed E-state index contributed by atoms with van der Waals surface area (Å²) in [7, 11) is 0. The zero-order valence-corrected chi connectivity index (χ0v) is 12.8. The molecule has 1 aliphatic rings. The monoisotopic (exact) mass is 335 g/mol. The zero-order valence-electron chi connectivity index (χ0n) is 12.8. The zero-order chi connectivity index (χ0) is 17.2. The van der Waals surface area contributed by atoms with Crippen LogP contribution in [-0.4, -0.2) is 12.5 Å². The van der Waals surface area contributed by atoms with E-state index in [9.17, 15) is 18.0 Å². The highest BCUT2D eigenvalue weighted by molar-refractivity contribution is 5.92. The summed E-state index contributed by atoms with van der Waals surface area (Å²) in [5.41, 5.74) is 0.933. The molecule has 1 amide bonds. The number of rotatable bonds is 3. The molecule has 0 aliphatic carbocycles. The fourth-order valence-electron chi connectivity index (χ4n) is 2.85. The van der Waals surface area contributed by atoms with Crippen molar-refractivity contribution in [3.8, 4) is 0 Å². The second-order valence-corrected chi connectivity index (χ2v) is 5.60. The van der Waals surface area contributed by atoms with Gasteiger partial charge in [-0.25, -0.2) is 0 Å². The number of hydrogen-bond acceptors (Lipinski definition) is 2. The number of nitrogens with one attached hydrogen (secondary N) is 1. The van der Waals surface area contributed by atoms with Gasteiger partial charge >= 0.3 is 6.18 Å². The topological polar surface area (TPSA) is 38.3 Å². The Morgan fingerprint density at radius 3 is 2.62 bits per heavy atom. The van der Waals surface area contributed by atoms with Gasteiger partial charge in [0.25, 0.3) is 0 Å². The van der Waals surface area contributed by atoms with Gasteiger partial charge in [-0.05, 0) is 29.7 Å². The normalized spacial score (nSPS) is 17.2. The van der Waals surface area contributed by atoms with Crippen LogP contribution in [0.5, 0.6) is 0 Å². The van der Waals surface area contributed by atoms with Gasteiger partial charge in [-0.3, -0.25) is 4.79 Å². The van der Waals surface area contributed by atoms with E-state index in [2.05, 4.69) is 5.32 Å². The first-order valence-electron chi connectivity index (χ1n) is 7.60. The first-order valence-corrected chi connectivity index (χ1v) is 7.60. The number of alkyl halides is 3. The fourth-order valence-corrected chi connectivity index (χ4v) is 2.85. The molecule has 0 aromatic heterocycles. The maximum atomic E-state index is 13.0. The Hall–Kier alpha value is -2.34. The van der Waals surface area contributed by atoms with Crippen LogP contribution in [0.25, 0.3) is 0 Å². The van der Waals surface area contributed by atoms with E-state index in [0.717, 1.165) is 23.6 Å². The number of halogens is 3. The lowest BCUT2D eigenvalue weighted by Crippen LogP contribution is -2.23. The van der Waals surface area contributed by atoms with Crippen LogP contribution in [0.2, 0.25) is 0 Å². The van der Waals surface area contributed by atoms with E-state index in [1.54, 1.807) is 0 Å². The van der Waals surface area contributed by atoms with Gasteiger partial charge in [-0.2, -0.15) is 13.2 Å². The van der Waals surface area contributed by atoms with E-state index >= 15 is 0 Å². The molecule has 1 unspecified atom stereocenters. The van der Waals surface area contributed by atoms with Crippen molar-refractivity contribution in [2.45, 2.75) is 25.1 Å². The lowest BCUT2D eigenvalue weighted by molar-refractivity contribution is -0.137. The molecule has 0 radical (unpaired) electrons. The summed E-state index contributed by atoms with van der Waals surface area (Å²) >= 11 is 0. The fraction of sp³-hybridized carbons (Fsp3) is 0.278. The Morgan fingerprint density at radius 1 is 1.12 bits per heavy atom. The molecule has 0 saturated carbocycles. The van der Waals surface area contributed by atoms with Crippen LogP contribution in [0.4, 0.5) is 18.9 Å². The standard InChI is InChI=1S/C18H16F3NO2/c19-18(20,21)14-7-3-4-8-15(14)22-17(23)11-16-13-6-2-1-5-12(13)9-10-24-16/h1-8,16H,9-11H2,(H,22,23). The third kappa shape index (κ3) is 3.59. The molecule has 2 aromatic carbocycles. The van der Waals surface area contributed by atoms with Crippen LogP contribution in [0.15, 0.2) is 48.5 Å². The van der Waals surface area contributed by atoms with Crippen molar-refractivity contribution in [3.63, 3.8) is 0 Å². The van der Waals surface area contributed by atoms with Gasteiger partial charge in [-0.1, -0.05) is 36.4 Å². The second-order valence-electron chi connectivity index (χ2n) is 5.60. The van der Waals surface area contributed by atoms with Crippen LogP contribution < -0.4 is 5.32 Å². The smallest absolute Gasteiger partial charge is 0.373 e. The minimum absolute atomic E-state index is 0.0246. The molecule has 1 N–H and O–H groups in total. The molecule has 0 bridgehead atoms. The maximum absolute atomic E-state index is 13.0. The van der Waals surface area contributed by atoms with E-state index in [0.29, 0.717) is 6.61 Å². The molecule has 2 aromatic rings. The highest BCUT2D eigenvalue weighted by Crippen LogP contribution is 2.35. The maximum Gasteiger partial charge on any atom is 0.418 e. The number of hydrogen-bond donors (Lipinski definition) is 1. The lowest BCUT2D eigenvalue weighted by atomic mass is 9.95. The lowest BCUT2D eigenvalue weighted by Gasteiger charge is -2.25. The summed E-state index contributed by atoms with van der Waals surface area (Å²) in [5.74, 6) is -0.506. The van der Waals surface area contributed by atoms with Crippen LogP contribution in [0, 0.1) is 0 Å². The molecule has 6 heteroatoms. The molecule has 0 spiro atoms. The highest BCUT2D eigenvalue weighted by atomic mass is 19.4. The number of carbonyl (C=O) groups is 1. The van der Waals surface area contributed by atoms with Crippen molar-refractivity contribution >= 4 is 11.6 Å². The van der Waals surface area contributed by atoms with Crippen molar-refractivity contribution in [1.82, 2.24) is 0 Å². The van der Waals surface area contributed by atoms with Gasteiger partial charge in [0.05, 0.1) is 30.4 Å². The SMILES string of the molecule is O=C(CC1OCCc2ccccc21)Nc1ccccc1C(F)(F)F. The molecule has 0 fully saturated rings. The molecule has 126 valence electrons. The average Bonchev–Trinajstić information content (AvgIpc) is 2.54. The minimum atomic E-state index is -4.52. The molecular formula is C18H16F3NO2. The minimum Gasteiger partial charge on any atom is -0.373 e. The van der Waals surface area contributed by atoms with E-state index in [1.165, 1.54) is 18.2 Å². The summed E-state index contributed by atoms with van der Waals surface area (Å²) < 4.78 is 44.6. The van der Waals surface area contributed by atoms with Crippen molar-refractivity contribution in [2.24, 2.45) is 0 Å². The van der Waals surface area contributed by atoms with Gasteiger partial charge in [0, 0.05) is 0 Å². The molecule has 1 heterocycles. The van der Waals surface area contributed by atoms with E-state index in [4.69, 9.17) is 4.74 Å². The quantitative estimate of drug-likeness (QED) is 0.906. The Morgan fingerprint density at radius 2 is 1.83 bits per heavy atom. The van der Waals surface area contributed by atoms with Crippen molar-refractivity contribution in [1.29, 1.82) is 0 Å². The predicted octanol–water partition coefficient (Wildman–Crippen LogP) is 4.35. The third-order valence-electron chi connectivity index (χ3n) is 3.97. The van der Waals surface area contributed by atoms with Crippen LogP contribution in [-0.2, 0) is 22.1 Å². The Bertz CT molecular complexity index is 743. The third-order valence-corrected chi connectivity index (χ3v) is 3.97. The first-order chi connectivity index (χ1) is 11.4. The first kappa shape index (κ1) is 16.5. The summed E-state index contributed by atoms with van der Waals surface area (Å²) in [6.45, 7) is 0.494. The predicted molar refractivity (Wildman–Crippen MR) is 83.5 cm³/mol. The Labute approximate surface area is 137 Å². The van der Waals surface area contributed by atoms with Gasteiger partial charge in [0.2, 0.25) is 5.91 Å². The van der Waals surface area contributed by atoms with Crippen LogP contribution >= 0.6 is 0 Å². The van der Waals surface area contributed by atoms with Crippen LogP contribution in [0.3, 0.4) is 0 Å². The Kier molecular flexibility index (Phi) is 4.57. The number of para-hydroxylation sites is 1. The van der Waals surface area contributed by atoms with E-state index in [1.807, 2.05) is 24.3 Å². The average molecular weight is 335 g/mol. The number of amides is 1. The highest BCUT2D eigenvalue weighted by Gasteiger charge is 2.33. The number of ether oxygens (including phenoxy) is 1. The van der Waals surface area contributed by atoms with Crippen molar-refractivity contribution < 1.29 is 22.7 Å². The van der Waals surface area contributed by atoms with Crippen molar-refractivity contribution in [2.75, 3.05) is 11.9 Å². The number of benzene rings is 2. The molecule has 3 nitrogen and oxygen atoms in total. The van der Waals surface area contributed by atoms with Gasteiger partial charge in [0.15, 0.2) is 0 Å². The molecule has 0 saturated heterocycles. The van der Waals surface area contributed by atoms with Gasteiger partial charge < -0.3 is 10.1 Å². The largest absolute Gasteiger partial charge is 0.418 e. The second kappa shape index (κ2) is 6.65. The molecule has 3 rings (SSSR count). The summed E-state index contributed by atoms with van der Waals surface area (Å²) in [5, 5.41) is 2.36. The van der Waals surface area contributed by atoms with E-state index in [-0.39, 0.29) is 12.1 Å². The summed E-state index contributed by atoms with van der Waals surface area (Å²) in [6.07, 6.45) is -4.21. The molecular weight excluding hydrogens is 319 g/mol. The van der Waals surface area contributed by atoms with Crippen molar-refractivity contribution in [3.05, 3.63) is 65.2 Å². The molecule has 1 atom stereocenters. The van der Waals surface area contributed by atoms with Gasteiger partial charge in [-0.15, -0.1) is 0 Å². The number of fused-ring (bicyclic) bond motifs is 1. The number of anilines is 1.